The molecule has 0 amide bonds. The van der Waals surface area contributed by atoms with Crippen molar-refractivity contribution >= 4 is 0 Å². The molecule has 0 saturated carbocycles. The minimum atomic E-state index is 0.554. The van der Waals surface area contributed by atoms with Crippen molar-refractivity contribution in [2.75, 3.05) is 13.7 Å². The number of benzene rings is 2. The van der Waals surface area contributed by atoms with Crippen LogP contribution >= 0.6 is 0 Å². The third kappa shape index (κ3) is 3.65. The van der Waals surface area contributed by atoms with Crippen LogP contribution in [0.1, 0.15) is 23.1 Å². The standard InChI is InChI=1S/C22H25N3O/c1-26-22-5-2-4-18-16-19(8-11-21(18)22)23-14-12-17-6-9-20(10-7-17)25-15-3-13-24-25/h2-7,9-10,13,15,19,23H,8,11-12,14,16H2,1H3. The Kier molecular flexibility index (Phi) is 5.02. The van der Waals surface area contributed by atoms with E-state index in [1.165, 1.54) is 23.1 Å². The maximum Gasteiger partial charge on any atom is 0.122 e. The predicted octanol–water partition coefficient (Wildman–Crippen LogP) is 3.57. The summed E-state index contributed by atoms with van der Waals surface area (Å²) in [6.07, 6.45) is 8.16. The number of ether oxygens (including phenoxy) is 1. The van der Waals surface area contributed by atoms with Crippen LogP contribution in [0.5, 0.6) is 5.75 Å². The van der Waals surface area contributed by atoms with Crippen molar-refractivity contribution in [2.45, 2.75) is 31.7 Å². The van der Waals surface area contributed by atoms with Gasteiger partial charge >= 0.3 is 0 Å². The Hall–Kier alpha value is -2.59. The average Bonchev–Trinajstić information content (AvgIpc) is 3.22. The highest BCUT2D eigenvalue weighted by Crippen LogP contribution is 2.29. The van der Waals surface area contributed by atoms with E-state index in [0.717, 1.165) is 37.2 Å². The van der Waals surface area contributed by atoms with Crippen molar-refractivity contribution in [2.24, 2.45) is 0 Å². The molecule has 4 nitrogen and oxygen atoms in total. The van der Waals surface area contributed by atoms with Crippen LogP contribution in [0, 0.1) is 0 Å². The SMILES string of the molecule is COc1cccc2c1CCC(NCCc1ccc(-n3cccn3)cc1)C2. The van der Waals surface area contributed by atoms with Gasteiger partial charge in [0.15, 0.2) is 0 Å². The fraction of sp³-hybridized carbons (Fsp3) is 0.318. The molecule has 4 rings (SSSR count). The van der Waals surface area contributed by atoms with Crippen LogP contribution in [0.4, 0.5) is 0 Å². The van der Waals surface area contributed by atoms with Gasteiger partial charge in [0.2, 0.25) is 0 Å². The Labute approximate surface area is 154 Å². The van der Waals surface area contributed by atoms with Crippen LogP contribution < -0.4 is 10.1 Å². The summed E-state index contributed by atoms with van der Waals surface area (Å²) < 4.78 is 7.38. The maximum atomic E-state index is 5.50. The van der Waals surface area contributed by atoms with Gasteiger partial charge in [-0.05, 0) is 73.2 Å². The second-order valence-corrected chi connectivity index (χ2v) is 6.86. The van der Waals surface area contributed by atoms with E-state index in [-0.39, 0.29) is 0 Å². The number of hydrogen-bond acceptors (Lipinski definition) is 3. The first-order valence-corrected chi connectivity index (χ1v) is 9.30. The lowest BCUT2D eigenvalue weighted by molar-refractivity contribution is 0.397. The second kappa shape index (κ2) is 7.75. The molecular formula is C22H25N3O. The molecule has 1 aliphatic rings. The fourth-order valence-electron chi connectivity index (χ4n) is 3.80. The summed E-state index contributed by atoms with van der Waals surface area (Å²) in [6.45, 7) is 1.01. The lowest BCUT2D eigenvalue weighted by Crippen LogP contribution is -2.35. The number of rotatable bonds is 6. The van der Waals surface area contributed by atoms with Crippen molar-refractivity contribution in [1.29, 1.82) is 0 Å². The van der Waals surface area contributed by atoms with Gasteiger partial charge in [-0.1, -0.05) is 24.3 Å². The summed E-state index contributed by atoms with van der Waals surface area (Å²) in [5.41, 5.74) is 5.27. The molecule has 0 radical (unpaired) electrons. The van der Waals surface area contributed by atoms with Gasteiger partial charge in [0.1, 0.15) is 5.75 Å². The van der Waals surface area contributed by atoms with Crippen LogP contribution in [-0.4, -0.2) is 29.5 Å². The summed E-state index contributed by atoms with van der Waals surface area (Å²) in [7, 11) is 1.76. The van der Waals surface area contributed by atoms with E-state index in [9.17, 15) is 0 Å². The molecule has 26 heavy (non-hydrogen) atoms. The highest BCUT2D eigenvalue weighted by molar-refractivity contribution is 5.42. The van der Waals surface area contributed by atoms with E-state index in [0.29, 0.717) is 6.04 Å². The van der Waals surface area contributed by atoms with Gasteiger partial charge < -0.3 is 10.1 Å². The molecule has 1 unspecified atom stereocenters. The summed E-state index contributed by atoms with van der Waals surface area (Å²) in [5.74, 6) is 1.04. The lowest BCUT2D eigenvalue weighted by Gasteiger charge is -2.27. The molecule has 1 heterocycles. The Morgan fingerprint density at radius 3 is 2.81 bits per heavy atom. The van der Waals surface area contributed by atoms with Crippen LogP contribution in [-0.2, 0) is 19.3 Å². The zero-order valence-corrected chi connectivity index (χ0v) is 15.2. The number of methoxy groups -OCH3 is 1. The zero-order valence-electron chi connectivity index (χ0n) is 15.2. The molecule has 0 aliphatic heterocycles. The van der Waals surface area contributed by atoms with Gasteiger partial charge in [0.05, 0.1) is 12.8 Å². The summed E-state index contributed by atoms with van der Waals surface area (Å²) >= 11 is 0. The maximum absolute atomic E-state index is 5.50. The van der Waals surface area contributed by atoms with Gasteiger partial charge in [-0.2, -0.15) is 5.10 Å². The molecule has 1 atom stereocenters. The van der Waals surface area contributed by atoms with Gasteiger partial charge in [-0.25, -0.2) is 4.68 Å². The largest absolute Gasteiger partial charge is 0.496 e. The number of aromatic nitrogens is 2. The number of fused-ring (bicyclic) bond motifs is 1. The predicted molar refractivity (Wildman–Crippen MR) is 104 cm³/mol. The van der Waals surface area contributed by atoms with E-state index in [4.69, 9.17) is 4.74 Å². The third-order valence-corrected chi connectivity index (χ3v) is 5.21. The number of nitrogens with one attached hydrogen (secondary N) is 1. The molecular weight excluding hydrogens is 322 g/mol. The lowest BCUT2D eigenvalue weighted by atomic mass is 9.87. The number of nitrogens with zero attached hydrogens (tertiary/aromatic N) is 2. The van der Waals surface area contributed by atoms with Crippen LogP contribution in [0.3, 0.4) is 0 Å². The van der Waals surface area contributed by atoms with E-state index in [1.54, 1.807) is 13.3 Å². The topological polar surface area (TPSA) is 39.1 Å². The van der Waals surface area contributed by atoms with E-state index < -0.39 is 0 Å². The van der Waals surface area contributed by atoms with Gasteiger partial charge in [-0.15, -0.1) is 0 Å². The van der Waals surface area contributed by atoms with Crippen molar-refractivity contribution < 1.29 is 4.74 Å². The molecule has 4 heteroatoms. The van der Waals surface area contributed by atoms with Crippen molar-refractivity contribution in [3.05, 3.63) is 77.6 Å². The second-order valence-electron chi connectivity index (χ2n) is 6.86. The van der Waals surface area contributed by atoms with E-state index in [2.05, 4.69) is 52.9 Å². The van der Waals surface area contributed by atoms with Crippen molar-refractivity contribution in [1.82, 2.24) is 15.1 Å². The Morgan fingerprint density at radius 1 is 1.15 bits per heavy atom. The quantitative estimate of drug-likeness (QED) is 0.741. The summed E-state index contributed by atoms with van der Waals surface area (Å²) in [5, 5.41) is 8.00. The Balaban J connectivity index is 1.30. The first-order valence-electron chi connectivity index (χ1n) is 9.30. The molecule has 3 aromatic rings. The summed E-state index contributed by atoms with van der Waals surface area (Å²) in [4.78, 5) is 0. The normalized spacial score (nSPS) is 16.3. The Morgan fingerprint density at radius 2 is 2.04 bits per heavy atom. The van der Waals surface area contributed by atoms with E-state index >= 15 is 0 Å². The van der Waals surface area contributed by atoms with Gasteiger partial charge in [0.25, 0.3) is 0 Å². The molecule has 0 spiro atoms. The highest BCUT2D eigenvalue weighted by atomic mass is 16.5. The molecule has 1 aromatic heterocycles. The average molecular weight is 347 g/mol. The summed E-state index contributed by atoms with van der Waals surface area (Å²) in [6, 6.07) is 17.5. The fourth-order valence-corrected chi connectivity index (χ4v) is 3.80. The third-order valence-electron chi connectivity index (χ3n) is 5.21. The van der Waals surface area contributed by atoms with Crippen LogP contribution in [0.15, 0.2) is 60.9 Å². The molecule has 0 bridgehead atoms. The molecule has 2 aromatic carbocycles. The van der Waals surface area contributed by atoms with E-state index in [1.807, 2.05) is 16.9 Å². The van der Waals surface area contributed by atoms with Crippen LogP contribution in [0.25, 0.3) is 5.69 Å². The first kappa shape index (κ1) is 16.9. The number of hydrogen-bond donors (Lipinski definition) is 1. The van der Waals surface area contributed by atoms with Crippen molar-refractivity contribution in [3.63, 3.8) is 0 Å². The minimum Gasteiger partial charge on any atom is -0.496 e. The molecule has 1 aliphatic carbocycles. The monoisotopic (exact) mass is 347 g/mol. The first-order chi connectivity index (χ1) is 12.8. The molecule has 1 N–H and O–H groups in total. The minimum absolute atomic E-state index is 0.554. The van der Waals surface area contributed by atoms with Gasteiger partial charge in [-0.3, -0.25) is 0 Å². The Bertz CT molecular complexity index is 840. The van der Waals surface area contributed by atoms with Crippen molar-refractivity contribution in [3.8, 4) is 11.4 Å². The molecule has 0 fully saturated rings. The van der Waals surface area contributed by atoms with Gasteiger partial charge in [0, 0.05) is 18.4 Å². The molecule has 134 valence electrons. The zero-order chi connectivity index (χ0) is 17.8. The smallest absolute Gasteiger partial charge is 0.122 e. The molecule has 0 saturated heterocycles. The van der Waals surface area contributed by atoms with Crippen LogP contribution in [0.2, 0.25) is 0 Å². The highest BCUT2D eigenvalue weighted by Gasteiger charge is 2.20.